The van der Waals surface area contributed by atoms with Gasteiger partial charge >= 0.3 is 5.97 Å². The van der Waals surface area contributed by atoms with Crippen LogP contribution in [-0.4, -0.2) is 35.0 Å². The summed E-state index contributed by atoms with van der Waals surface area (Å²) < 4.78 is 7.19. The third-order valence-corrected chi connectivity index (χ3v) is 5.07. The van der Waals surface area contributed by atoms with E-state index < -0.39 is 12.6 Å². The van der Waals surface area contributed by atoms with E-state index in [4.69, 9.17) is 4.74 Å². The lowest BCUT2D eigenvalue weighted by Gasteiger charge is -2.27. The number of carbonyl (C=O) groups excluding carboxylic acids is 3. The Hall–Kier alpha value is -3.61. The normalized spacial score (nSPS) is 16.1. The third-order valence-electron chi connectivity index (χ3n) is 5.07. The molecule has 2 aromatic carbocycles. The van der Waals surface area contributed by atoms with Crippen LogP contribution in [0.15, 0.2) is 54.7 Å². The Morgan fingerprint density at radius 3 is 2.69 bits per heavy atom. The van der Waals surface area contributed by atoms with Gasteiger partial charge in [-0.2, -0.15) is 0 Å². The van der Waals surface area contributed by atoms with Gasteiger partial charge in [-0.3, -0.25) is 9.59 Å². The Labute approximate surface area is 167 Å². The number of benzene rings is 2. The highest BCUT2D eigenvalue weighted by molar-refractivity contribution is 6.07. The maximum absolute atomic E-state index is 12.9. The van der Waals surface area contributed by atoms with E-state index >= 15 is 0 Å². The number of aryl methyl sites for hydroxylation is 1. The Morgan fingerprint density at radius 2 is 1.86 bits per heavy atom. The Balaban J connectivity index is 1.55. The number of hydrogen-bond donors (Lipinski definition) is 1. The van der Waals surface area contributed by atoms with Crippen LogP contribution in [0, 0.1) is 0 Å². The molecule has 2 amide bonds. The molecular weight excluding hydrogens is 370 g/mol. The number of nitrogens with one attached hydrogen (secondary N) is 1. The van der Waals surface area contributed by atoms with Gasteiger partial charge in [0.2, 0.25) is 5.91 Å². The highest BCUT2D eigenvalue weighted by Gasteiger charge is 2.30. The van der Waals surface area contributed by atoms with E-state index in [1.54, 1.807) is 37.4 Å². The molecule has 4 rings (SSSR count). The summed E-state index contributed by atoms with van der Waals surface area (Å²) in [4.78, 5) is 39.2. The second kappa shape index (κ2) is 7.43. The molecule has 1 aliphatic heterocycles. The number of hydrogen-bond acceptors (Lipinski definition) is 4. The van der Waals surface area contributed by atoms with Crippen LogP contribution in [0.5, 0.6) is 0 Å². The monoisotopic (exact) mass is 391 g/mol. The van der Waals surface area contributed by atoms with E-state index in [-0.39, 0.29) is 24.3 Å². The van der Waals surface area contributed by atoms with Crippen molar-refractivity contribution >= 4 is 40.1 Å². The van der Waals surface area contributed by atoms with Crippen molar-refractivity contribution in [2.75, 3.05) is 16.8 Å². The van der Waals surface area contributed by atoms with Crippen molar-refractivity contribution < 1.29 is 19.1 Å². The minimum Gasteiger partial charge on any atom is -0.452 e. The number of rotatable bonds is 3. The van der Waals surface area contributed by atoms with Crippen LogP contribution in [0.25, 0.3) is 10.9 Å². The summed E-state index contributed by atoms with van der Waals surface area (Å²) in [6.45, 7) is 1.39. The predicted molar refractivity (Wildman–Crippen MR) is 110 cm³/mol. The van der Waals surface area contributed by atoms with Crippen LogP contribution in [0.3, 0.4) is 0 Å². The maximum Gasteiger partial charge on any atom is 0.340 e. The highest BCUT2D eigenvalue weighted by atomic mass is 16.5. The van der Waals surface area contributed by atoms with Crippen LogP contribution in [0.2, 0.25) is 0 Å². The molecule has 7 nitrogen and oxygen atoms in total. The summed E-state index contributed by atoms with van der Waals surface area (Å²) in [6.07, 6.45) is 1.86. The van der Waals surface area contributed by atoms with Crippen molar-refractivity contribution in [1.82, 2.24) is 4.57 Å². The molecule has 1 aliphatic rings. The summed E-state index contributed by atoms with van der Waals surface area (Å²) in [7, 11) is 1.85. The molecule has 0 spiro atoms. The summed E-state index contributed by atoms with van der Waals surface area (Å²) in [5.41, 5.74) is 2.48. The number of aromatic nitrogens is 1. The van der Waals surface area contributed by atoms with Gasteiger partial charge in [0.15, 0.2) is 6.61 Å². The van der Waals surface area contributed by atoms with Crippen molar-refractivity contribution in [3.05, 3.63) is 60.3 Å². The number of nitrogens with zero attached hydrogens (tertiary/aromatic N) is 2. The first-order valence-corrected chi connectivity index (χ1v) is 9.38. The maximum atomic E-state index is 12.9. The number of para-hydroxylation sites is 3. The van der Waals surface area contributed by atoms with E-state index in [2.05, 4.69) is 5.32 Å². The molecule has 2 heterocycles. The average molecular weight is 391 g/mol. The zero-order chi connectivity index (χ0) is 20.5. The Bertz CT molecular complexity index is 1120. The standard InChI is InChI=1S/C22H21N3O4/c1-14-11-20(26)23-17-8-4-6-10-19(17)25(14)21(27)13-29-22(28)16-12-24(2)18-9-5-3-7-15(16)18/h3-10,12,14H,11,13H2,1-2H3,(H,23,26)/t14-/m0/s1. The first kappa shape index (κ1) is 18.7. The van der Waals surface area contributed by atoms with Gasteiger partial charge in [0, 0.05) is 36.6 Å². The Morgan fingerprint density at radius 1 is 1.14 bits per heavy atom. The van der Waals surface area contributed by atoms with E-state index in [1.165, 1.54) is 4.90 Å². The van der Waals surface area contributed by atoms with Crippen LogP contribution < -0.4 is 10.2 Å². The fourth-order valence-electron chi connectivity index (χ4n) is 3.75. The number of esters is 1. The molecule has 0 fully saturated rings. The Kier molecular flexibility index (Phi) is 4.80. The number of anilines is 2. The van der Waals surface area contributed by atoms with Gasteiger partial charge in [-0.15, -0.1) is 0 Å². The molecule has 0 radical (unpaired) electrons. The fraction of sp³-hybridized carbons (Fsp3) is 0.227. The van der Waals surface area contributed by atoms with Crippen molar-refractivity contribution in [2.24, 2.45) is 7.05 Å². The smallest absolute Gasteiger partial charge is 0.340 e. The molecule has 0 bridgehead atoms. The van der Waals surface area contributed by atoms with Gasteiger partial charge in [0.05, 0.1) is 16.9 Å². The number of ether oxygens (including phenoxy) is 1. The number of amides is 2. The molecule has 0 unspecified atom stereocenters. The van der Waals surface area contributed by atoms with Gasteiger partial charge in [-0.05, 0) is 25.1 Å². The van der Waals surface area contributed by atoms with E-state index in [0.717, 1.165) is 10.9 Å². The molecule has 1 aromatic heterocycles. The first-order chi connectivity index (χ1) is 14.0. The van der Waals surface area contributed by atoms with Crippen LogP contribution in [0.4, 0.5) is 11.4 Å². The second-order valence-corrected chi connectivity index (χ2v) is 7.13. The van der Waals surface area contributed by atoms with Crippen molar-refractivity contribution in [3.63, 3.8) is 0 Å². The first-order valence-electron chi connectivity index (χ1n) is 9.38. The summed E-state index contributed by atoms with van der Waals surface area (Å²) in [5, 5.41) is 3.58. The number of carbonyl (C=O) groups is 3. The molecule has 0 aliphatic carbocycles. The van der Waals surface area contributed by atoms with Gasteiger partial charge in [-0.25, -0.2) is 4.79 Å². The average Bonchev–Trinajstić information content (AvgIpc) is 2.97. The van der Waals surface area contributed by atoms with Gasteiger partial charge in [0.1, 0.15) is 0 Å². The van der Waals surface area contributed by atoms with Crippen molar-refractivity contribution in [1.29, 1.82) is 0 Å². The molecule has 7 heteroatoms. The molecule has 148 valence electrons. The zero-order valence-corrected chi connectivity index (χ0v) is 16.2. The quantitative estimate of drug-likeness (QED) is 0.696. The van der Waals surface area contributed by atoms with E-state index in [9.17, 15) is 14.4 Å². The minimum absolute atomic E-state index is 0.159. The largest absolute Gasteiger partial charge is 0.452 e. The van der Waals surface area contributed by atoms with Crippen molar-refractivity contribution in [3.8, 4) is 0 Å². The highest BCUT2D eigenvalue weighted by Crippen LogP contribution is 2.31. The lowest BCUT2D eigenvalue weighted by molar-refractivity contribution is -0.122. The SMILES string of the molecule is C[C@H]1CC(=O)Nc2ccccc2N1C(=O)COC(=O)c1cn(C)c2ccccc12. The lowest BCUT2D eigenvalue weighted by Crippen LogP contribution is -2.41. The zero-order valence-electron chi connectivity index (χ0n) is 16.2. The number of fused-ring (bicyclic) bond motifs is 2. The fourth-order valence-corrected chi connectivity index (χ4v) is 3.75. The lowest BCUT2D eigenvalue weighted by atomic mass is 10.1. The molecular formula is C22H21N3O4. The molecule has 0 saturated carbocycles. The van der Waals surface area contributed by atoms with Gasteiger partial charge in [0.25, 0.3) is 5.91 Å². The summed E-state index contributed by atoms with van der Waals surface area (Å²) >= 11 is 0. The third kappa shape index (κ3) is 3.47. The summed E-state index contributed by atoms with van der Waals surface area (Å²) in [6, 6.07) is 14.2. The molecule has 0 saturated heterocycles. The van der Waals surface area contributed by atoms with E-state index in [1.807, 2.05) is 35.9 Å². The molecule has 29 heavy (non-hydrogen) atoms. The molecule has 3 aromatic rings. The minimum atomic E-state index is -0.555. The van der Waals surface area contributed by atoms with Crippen LogP contribution in [-0.2, 0) is 21.4 Å². The topological polar surface area (TPSA) is 80.6 Å². The predicted octanol–water partition coefficient (Wildman–Crippen LogP) is 3.10. The molecule has 1 atom stereocenters. The second-order valence-electron chi connectivity index (χ2n) is 7.13. The van der Waals surface area contributed by atoms with Gasteiger partial charge < -0.3 is 19.5 Å². The summed E-state index contributed by atoms with van der Waals surface area (Å²) in [5.74, 6) is -1.09. The van der Waals surface area contributed by atoms with Crippen LogP contribution in [0.1, 0.15) is 23.7 Å². The van der Waals surface area contributed by atoms with Crippen LogP contribution >= 0.6 is 0 Å². The van der Waals surface area contributed by atoms with Gasteiger partial charge in [-0.1, -0.05) is 30.3 Å². The molecule has 1 N–H and O–H groups in total. The van der Waals surface area contributed by atoms with Crippen molar-refractivity contribution in [2.45, 2.75) is 19.4 Å². The van der Waals surface area contributed by atoms with E-state index in [0.29, 0.717) is 16.9 Å².